The lowest BCUT2D eigenvalue weighted by atomic mass is 10.2. The maximum Gasteiger partial charge on any atom is 0.337 e. The van der Waals surface area contributed by atoms with E-state index in [1.165, 1.54) is 0 Å². The third-order valence-corrected chi connectivity index (χ3v) is 3.67. The van der Waals surface area contributed by atoms with Crippen LogP contribution in [-0.2, 0) is 12.8 Å². The number of carboxylic acid groups (broad SMARTS) is 1. The quantitative estimate of drug-likeness (QED) is 0.795. The van der Waals surface area contributed by atoms with Gasteiger partial charge in [-0.1, -0.05) is 0 Å². The lowest BCUT2D eigenvalue weighted by molar-refractivity contribution is 0.0696. The van der Waals surface area contributed by atoms with Crippen LogP contribution in [0, 0.1) is 0 Å². The van der Waals surface area contributed by atoms with Gasteiger partial charge in [0.1, 0.15) is 16.2 Å². The maximum absolute atomic E-state index is 11.0. The maximum atomic E-state index is 11.0. The third-order valence-electron chi connectivity index (χ3n) is 3.09. The summed E-state index contributed by atoms with van der Waals surface area (Å²) >= 11 is 3.40. The van der Waals surface area contributed by atoms with E-state index >= 15 is 0 Å². The Morgan fingerprint density at radius 1 is 1.35 bits per heavy atom. The molecule has 0 aliphatic carbocycles. The number of rotatable bonds is 4. The number of hydrogen-bond acceptors (Lipinski definition) is 3. The Morgan fingerprint density at radius 2 is 2.20 bits per heavy atom. The molecule has 0 unspecified atom stereocenters. The molecule has 1 N–H and O–H groups in total. The lowest BCUT2D eigenvalue weighted by Gasteiger charge is -2.02. The number of hydrogen-bond donors (Lipinski definition) is 1. The van der Waals surface area contributed by atoms with Crippen molar-refractivity contribution in [1.29, 1.82) is 0 Å². The summed E-state index contributed by atoms with van der Waals surface area (Å²) in [4.78, 5) is 15.5. The standard InChI is InChI=1S/C14H11BrN2O3/c15-13-11-5-3-9(14(18)19)8-17(11)12(16-13)6-4-10-2-1-7-20-10/h1-3,5,7-8H,4,6H2,(H,18,19). The average Bonchev–Trinajstić information content (AvgIpc) is 3.05. The molecule has 0 spiro atoms. The first-order chi connectivity index (χ1) is 9.65. The molecule has 0 aromatic carbocycles. The third kappa shape index (κ3) is 2.34. The van der Waals surface area contributed by atoms with Crippen molar-refractivity contribution in [2.45, 2.75) is 12.8 Å². The average molecular weight is 335 g/mol. The summed E-state index contributed by atoms with van der Waals surface area (Å²) < 4.78 is 7.81. The highest BCUT2D eigenvalue weighted by molar-refractivity contribution is 9.10. The molecule has 0 atom stereocenters. The molecule has 0 aliphatic heterocycles. The zero-order valence-electron chi connectivity index (χ0n) is 10.4. The van der Waals surface area contributed by atoms with Gasteiger partial charge in [0.05, 0.1) is 17.3 Å². The van der Waals surface area contributed by atoms with Crippen LogP contribution in [0.4, 0.5) is 0 Å². The summed E-state index contributed by atoms with van der Waals surface area (Å²) in [5, 5.41) is 9.06. The van der Waals surface area contributed by atoms with Crippen LogP contribution >= 0.6 is 15.9 Å². The van der Waals surface area contributed by atoms with Gasteiger partial charge in [-0.3, -0.25) is 0 Å². The first kappa shape index (κ1) is 12.9. The summed E-state index contributed by atoms with van der Waals surface area (Å²) in [5.41, 5.74) is 1.09. The van der Waals surface area contributed by atoms with E-state index in [0.29, 0.717) is 11.0 Å². The Labute approximate surface area is 123 Å². The highest BCUT2D eigenvalue weighted by Crippen LogP contribution is 2.21. The Kier molecular flexibility index (Phi) is 3.31. The number of furan rings is 1. The fourth-order valence-electron chi connectivity index (χ4n) is 2.10. The molecule has 0 bridgehead atoms. The minimum Gasteiger partial charge on any atom is -0.478 e. The first-order valence-corrected chi connectivity index (χ1v) is 6.86. The number of aromatic carboxylic acids is 1. The van der Waals surface area contributed by atoms with Gasteiger partial charge >= 0.3 is 5.97 Å². The number of imidazole rings is 1. The molecule has 3 heterocycles. The van der Waals surface area contributed by atoms with Crippen LogP contribution in [0.2, 0.25) is 0 Å². The number of carbonyl (C=O) groups is 1. The van der Waals surface area contributed by atoms with Gasteiger partial charge in [-0.15, -0.1) is 0 Å². The van der Waals surface area contributed by atoms with Gasteiger partial charge in [0.25, 0.3) is 0 Å². The van der Waals surface area contributed by atoms with Crippen molar-refractivity contribution in [2.24, 2.45) is 0 Å². The molecule has 3 aromatic heterocycles. The van der Waals surface area contributed by atoms with E-state index in [2.05, 4.69) is 20.9 Å². The number of pyridine rings is 1. The molecule has 5 nitrogen and oxygen atoms in total. The Hall–Kier alpha value is -2.08. The SMILES string of the molecule is O=C(O)c1ccc2c(Br)nc(CCc3ccco3)n2c1. The van der Waals surface area contributed by atoms with Crippen molar-refractivity contribution in [3.05, 3.63) is 58.5 Å². The van der Waals surface area contributed by atoms with E-state index in [1.54, 1.807) is 29.0 Å². The topological polar surface area (TPSA) is 67.7 Å². The van der Waals surface area contributed by atoms with Crippen LogP contribution in [-0.4, -0.2) is 20.5 Å². The normalized spacial score (nSPS) is 11.1. The summed E-state index contributed by atoms with van der Waals surface area (Å²) in [7, 11) is 0. The highest BCUT2D eigenvalue weighted by atomic mass is 79.9. The molecule has 102 valence electrons. The van der Waals surface area contributed by atoms with Crippen molar-refractivity contribution in [2.75, 3.05) is 0 Å². The molecular weight excluding hydrogens is 324 g/mol. The van der Waals surface area contributed by atoms with Crippen LogP contribution in [0.15, 0.2) is 45.7 Å². The zero-order valence-corrected chi connectivity index (χ0v) is 12.0. The monoisotopic (exact) mass is 334 g/mol. The number of nitrogens with zero attached hydrogens (tertiary/aromatic N) is 2. The van der Waals surface area contributed by atoms with Gasteiger partial charge < -0.3 is 13.9 Å². The van der Waals surface area contributed by atoms with Crippen molar-refractivity contribution >= 4 is 27.4 Å². The molecule has 3 rings (SSSR count). The van der Waals surface area contributed by atoms with Crippen LogP contribution in [0.5, 0.6) is 0 Å². The highest BCUT2D eigenvalue weighted by Gasteiger charge is 2.12. The minimum atomic E-state index is -0.950. The largest absolute Gasteiger partial charge is 0.478 e. The van der Waals surface area contributed by atoms with Gasteiger partial charge in [-0.25, -0.2) is 9.78 Å². The predicted molar refractivity (Wildman–Crippen MR) is 76.0 cm³/mol. The molecule has 0 saturated carbocycles. The minimum absolute atomic E-state index is 0.238. The van der Waals surface area contributed by atoms with Crippen LogP contribution in [0.1, 0.15) is 21.9 Å². The number of carboxylic acids is 1. The van der Waals surface area contributed by atoms with Gasteiger partial charge in [-0.05, 0) is 40.2 Å². The van der Waals surface area contributed by atoms with Crippen molar-refractivity contribution < 1.29 is 14.3 Å². The molecule has 0 aliphatic rings. The van der Waals surface area contributed by atoms with E-state index in [0.717, 1.165) is 23.5 Å². The van der Waals surface area contributed by atoms with Gasteiger partial charge in [0, 0.05) is 19.0 Å². The number of aromatic nitrogens is 2. The summed E-state index contributed by atoms with van der Waals surface area (Å²) in [6.07, 6.45) is 4.61. The Morgan fingerprint density at radius 3 is 2.90 bits per heavy atom. The molecule has 3 aromatic rings. The Bertz CT molecular complexity index is 762. The van der Waals surface area contributed by atoms with Gasteiger partial charge in [-0.2, -0.15) is 0 Å². The van der Waals surface area contributed by atoms with E-state index in [-0.39, 0.29) is 5.56 Å². The number of fused-ring (bicyclic) bond motifs is 1. The molecule has 0 saturated heterocycles. The molecule has 20 heavy (non-hydrogen) atoms. The van der Waals surface area contributed by atoms with E-state index in [9.17, 15) is 4.79 Å². The van der Waals surface area contributed by atoms with Crippen LogP contribution in [0.3, 0.4) is 0 Å². The van der Waals surface area contributed by atoms with Gasteiger partial charge in [0.15, 0.2) is 0 Å². The first-order valence-electron chi connectivity index (χ1n) is 6.07. The number of aryl methyl sites for hydroxylation is 2. The summed E-state index contributed by atoms with van der Waals surface area (Å²) in [5.74, 6) is 0.729. The molecule has 0 amide bonds. The summed E-state index contributed by atoms with van der Waals surface area (Å²) in [6, 6.07) is 7.07. The van der Waals surface area contributed by atoms with Crippen molar-refractivity contribution in [1.82, 2.24) is 9.38 Å². The predicted octanol–water partition coefficient (Wildman–Crippen LogP) is 3.17. The Balaban J connectivity index is 1.97. The zero-order chi connectivity index (χ0) is 14.1. The molecular formula is C14H11BrN2O3. The lowest BCUT2D eigenvalue weighted by Crippen LogP contribution is -2.02. The van der Waals surface area contributed by atoms with E-state index in [4.69, 9.17) is 9.52 Å². The van der Waals surface area contributed by atoms with Crippen LogP contribution < -0.4 is 0 Å². The van der Waals surface area contributed by atoms with Gasteiger partial charge in [0.2, 0.25) is 0 Å². The molecule has 0 radical (unpaired) electrons. The fraction of sp³-hybridized carbons (Fsp3) is 0.143. The van der Waals surface area contributed by atoms with E-state index < -0.39 is 5.97 Å². The summed E-state index contributed by atoms with van der Waals surface area (Å²) in [6.45, 7) is 0. The smallest absolute Gasteiger partial charge is 0.337 e. The fourth-order valence-corrected chi connectivity index (χ4v) is 2.63. The van der Waals surface area contributed by atoms with Crippen LogP contribution in [0.25, 0.3) is 5.52 Å². The van der Waals surface area contributed by atoms with Crippen molar-refractivity contribution in [3.8, 4) is 0 Å². The van der Waals surface area contributed by atoms with E-state index in [1.807, 2.05) is 12.1 Å². The molecule has 6 heteroatoms. The second kappa shape index (κ2) is 5.13. The van der Waals surface area contributed by atoms with Crippen molar-refractivity contribution in [3.63, 3.8) is 0 Å². The number of halogens is 1. The second-order valence-corrected chi connectivity index (χ2v) is 5.13. The second-order valence-electron chi connectivity index (χ2n) is 4.38. The molecule has 0 fully saturated rings.